The van der Waals surface area contributed by atoms with Crippen molar-refractivity contribution in [2.24, 2.45) is 0 Å². The molecular weight excluding hydrogens is 419 g/mol. The van der Waals surface area contributed by atoms with E-state index in [9.17, 15) is 21.6 Å². The molecule has 0 aliphatic carbocycles. The molecule has 0 radical (unpaired) electrons. The maximum absolute atomic E-state index is 12.6. The van der Waals surface area contributed by atoms with Gasteiger partial charge in [-0.15, -0.1) is 13.2 Å². The number of alkyl halides is 3. The third kappa shape index (κ3) is 4.34. The SMILES string of the molecule is CS(=O)(=O)C1CC(c2cc3c(-c4cccc(OC(F)(F)F)c4)ccnc3[nH]2)=CCN1. The van der Waals surface area contributed by atoms with Crippen molar-refractivity contribution in [3.8, 4) is 16.9 Å². The molecule has 0 saturated carbocycles. The Morgan fingerprint density at radius 1 is 1.20 bits per heavy atom. The van der Waals surface area contributed by atoms with Crippen LogP contribution in [-0.4, -0.2) is 42.9 Å². The molecule has 1 aliphatic heterocycles. The summed E-state index contributed by atoms with van der Waals surface area (Å²) >= 11 is 0. The molecule has 2 N–H and O–H groups in total. The molecule has 3 heterocycles. The van der Waals surface area contributed by atoms with Gasteiger partial charge in [0.25, 0.3) is 0 Å². The number of benzene rings is 1. The van der Waals surface area contributed by atoms with E-state index in [0.29, 0.717) is 35.1 Å². The zero-order chi connectivity index (χ0) is 21.5. The lowest BCUT2D eigenvalue weighted by Crippen LogP contribution is -2.38. The smallest absolute Gasteiger partial charge is 0.406 e. The van der Waals surface area contributed by atoms with Gasteiger partial charge in [0.2, 0.25) is 0 Å². The highest BCUT2D eigenvalue weighted by molar-refractivity contribution is 7.91. The maximum Gasteiger partial charge on any atom is 0.573 e. The van der Waals surface area contributed by atoms with E-state index < -0.39 is 21.6 Å². The number of hydrogen-bond donors (Lipinski definition) is 2. The van der Waals surface area contributed by atoms with E-state index in [1.54, 1.807) is 18.3 Å². The number of halogens is 3. The summed E-state index contributed by atoms with van der Waals surface area (Å²) in [6.45, 7) is 0.416. The van der Waals surface area contributed by atoms with Gasteiger partial charge in [0, 0.05) is 36.5 Å². The van der Waals surface area contributed by atoms with Crippen molar-refractivity contribution in [2.45, 2.75) is 18.2 Å². The van der Waals surface area contributed by atoms with Crippen LogP contribution in [0.5, 0.6) is 5.75 Å². The van der Waals surface area contributed by atoms with E-state index in [1.165, 1.54) is 24.5 Å². The highest BCUT2D eigenvalue weighted by atomic mass is 32.2. The van der Waals surface area contributed by atoms with Crippen molar-refractivity contribution in [3.05, 3.63) is 54.4 Å². The average Bonchev–Trinajstić information content (AvgIpc) is 3.11. The number of fused-ring (bicyclic) bond motifs is 1. The molecule has 158 valence electrons. The van der Waals surface area contributed by atoms with Crippen LogP contribution in [0.3, 0.4) is 0 Å². The first kappa shape index (κ1) is 20.4. The fourth-order valence-corrected chi connectivity index (χ4v) is 4.39. The molecular formula is C20H18F3N3O3S. The first-order chi connectivity index (χ1) is 14.1. The number of pyridine rings is 1. The quantitative estimate of drug-likeness (QED) is 0.647. The number of aromatic nitrogens is 2. The maximum atomic E-state index is 12.6. The predicted molar refractivity (Wildman–Crippen MR) is 107 cm³/mol. The second kappa shape index (κ2) is 7.44. The zero-order valence-electron chi connectivity index (χ0n) is 15.8. The zero-order valence-corrected chi connectivity index (χ0v) is 16.6. The van der Waals surface area contributed by atoms with Gasteiger partial charge >= 0.3 is 6.36 Å². The molecule has 6 nitrogen and oxygen atoms in total. The van der Waals surface area contributed by atoms with Crippen LogP contribution in [0.1, 0.15) is 12.1 Å². The van der Waals surface area contributed by atoms with E-state index in [-0.39, 0.29) is 5.75 Å². The fourth-order valence-electron chi connectivity index (χ4n) is 3.50. The molecule has 10 heteroatoms. The molecule has 0 spiro atoms. The number of nitrogens with one attached hydrogen (secondary N) is 2. The number of ether oxygens (including phenoxy) is 1. The van der Waals surface area contributed by atoms with Gasteiger partial charge in [-0.25, -0.2) is 13.4 Å². The van der Waals surface area contributed by atoms with Gasteiger partial charge in [0.05, 0.1) is 0 Å². The fraction of sp³-hybridized carbons (Fsp3) is 0.250. The topological polar surface area (TPSA) is 84.1 Å². The second-order valence-electron chi connectivity index (χ2n) is 7.04. The van der Waals surface area contributed by atoms with Crippen molar-refractivity contribution in [2.75, 3.05) is 12.8 Å². The largest absolute Gasteiger partial charge is 0.573 e. The molecule has 0 bridgehead atoms. The number of H-pyrrole nitrogens is 1. The summed E-state index contributed by atoms with van der Waals surface area (Å²) in [5, 5.41) is 3.00. The Hall–Kier alpha value is -2.85. The van der Waals surface area contributed by atoms with Crippen LogP contribution in [0, 0.1) is 0 Å². The third-order valence-corrected chi connectivity index (χ3v) is 6.24. The Balaban J connectivity index is 1.72. The van der Waals surface area contributed by atoms with Gasteiger partial charge < -0.3 is 9.72 Å². The monoisotopic (exact) mass is 437 g/mol. The van der Waals surface area contributed by atoms with Crippen LogP contribution in [0.15, 0.2) is 48.7 Å². The third-order valence-electron chi connectivity index (χ3n) is 4.87. The summed E-state index contributed by atoms with van der Waals surface area (Å²) in [5.41, 5.74) is 3.34. The van der Waals surface area contributed by atoms with Crippen LogP contribution in [0.4, 0.5) is 13.2 Å². The van der Waals surface area contributed by atoms with E-state index in [2.05, 4.69) is 20.0 Å². The molecule has 1 unspecified atom stereocenters. The van der Waals surface area contributed by atoms with Gasteiger partial charge in [-0.05, 0) is 41.0 Å². The van der Waals surface area contributed by atoms with Crippen molar-refractivity contribution < 1.29 is 26.3 Å². The van der Waals surface area contributed by atoms with Crippen LogP contribution >= 0.6 is 0 Å². The lowest BCUT2D eigenvalue weighted by molar-refractivity contribution is -0.274. The normalized spacial score (nSPS) is 17.7. The second-order valence-corrected chi connectivity index (χ2v) is 9.27. The minimum absolute atomic E-state index is 0.301. The van der Waals surface area contributed by atoms with Gasteiger partial charge in [-0.1, -0.05) is 18.2 Å². The van der Waals surface area contributed by atoms with Crippen LogP contribution in [0.25, 0.3) is 27.7 Å². The van der Waals surface area contributed by atoms with Gasteiger partial charge in [-0.3, -0.25) is 5.32 Å². The number of rotatable bonds is 4. The Bertz CT molecular complexity index is 1230. The molecule has 1 aliphatic rings. The molecule has 2 aromatic heterocycles. The Labute approximate surface area is 170 Å². The standard InChI is InChI=1S/C20H18F3N3O3S/c1-30(27,28)18-10-13(5-7-24-18)17-11-16-15(6-8-25-19(16)26-17)12-3-2-4-14(9-12)29-20(21,22)23/h2-6,8-9,11,18,24H,7,10H2,1H3,(H,25,26). The molecule has 3 aromatic rings. The van der Waals surface area contributed by atoms with Crippen molar-refractivity contribution in [3.63, 3.8) is 0 Å². The van der Waals surface area contributed by atoms with E-state index in [1.807, 2.05) is 12.1 Å². The molecule has 1 atom stereocenters. The van der Waals surface area contributed by atoms with Gasteiger partial charge in [0.1, 0.15) is 16.8 Å². The Morgan fingerprint density at radius 3 is 2.73 bits per heavy atom. The molecule has 4 rings (SSSR count). The molecule has 0 amide bonds. The number of nitrogens with zero attached hydrogens (tertiary/aromatic N) is 1. The summed E-state index contributed by atoms with van der Waals surface area (Å²) in [7, 11) is -3.26. The molecule has 1 aromatic carbocycles. The molecule has 0 saturated heterocycles. The summed E-state index contributed by atoms with van der Waals surface area (Å²) in [4.78, 5) is 7.49. The number of sulfone groups is 1. The predicted octanol–water partition coefficient (Wildman–Crippen LogP) is 3.88. The minimum Gasteiger partial charge on any atom is -0.406 e. The summed E-state index contributed by atoms with van der Waals surface area (Å²) in [6, 6.07) is 9.28. The lowest BCUT2D eigenvalue weighted by atomic mass is 10.0. The minimum atomic E-state index is -4.77. The molecule has 0 fully saturated rings. The van der Waals surface area contributed by atoms with Crippen LogP contribution in [0.2, 0.25) is 0 Å². The summed E-state index contributed by atoms with van der Waals surface area (Å²) in [5.74, 6) is -0.308. The van der Waals surface area contributed by atoms with Crippen molar-refractivity contribution in [1.29, 1.82) is 0 Å². The Kier molecular flexibility index (Phi) is 5.07. The van der Waals surface area contributed by atoms with Gasteiger partial charge in [0.15, 0.2) is 9.84 Å². The number of hydrogen-bond acceptors (Lipinski definition) is 5. The van der Waals surface area contributed by atoms with Crippen molar-refractivity contribution >= 4 is 26.4 Å². The van der Waals surface area contributed by atoms with E-state index in [0.717, 1.165) is 11.3 Å². The van der Waals surface area contributed by atoms with Gasteiger partial charge in [-0.2, -0.15) is 0 Å². The van der Waals surface area contributed by atoms with Crippen LogP contribution in [-0.2, 0) is 9.84 Å². The van der Waals surface area contributed by atoms with E-state index in [4.69, 9.17) is 0 Å². The number of aromatic amines is 1. The van der Waals surface area contributed by atoms with Crippen LogP contribution < -0.4 is 10.1 Å². The molecule has 30 heavy (non-hydrogen) atoms. The van der Waals surface area contributed by atoms with E-state index >= 15 is 0 Å². The lowest BCUT2D eigenvalue weighted by Gasteiger charge is -2.22. The first-order valence-electron chi connectivity index (χ1n) is 9.06. The highest BCUT2D eigenvalue weighted by Crippen LogP contribution is 2.34. The Morgan fingerprint density at radius 2 is 2.00 bits per heavy atom. The highest BCUT2D eigenvalue weighted by Gasteiger charge is 2.31. The average molecular weight is 437 g/mol. The summed E-state index contributed by atoms with van der Waals surface area (Å²) in [6.07, 6.45) is 0.185. The van der Waals surface area contributed by atoms with Crippen molar-refractivity contribution in [1.82, 2.24) is 15.3 Å². The first-order valence-corrected chi connectivity index (χ1v) is 11.0. The summed E-state index contributed by atoms with van der Waals surface area (Å²) < 4.78 is 65.5.